The average molecular weight is 211 g/mol. The normalized spacial score (nSPS) is 35.5. The van der Waals surface area contributed by atoms with Crippen LogP contribution in [0, 0.1) is 5.92 Å². The monoisotopic (exact) mass is 211 g/mol. The van der Waals surface area contributed by atoms with E-state index < -0.39 is 0 Å². The minimum absolute atomic E-state index is 0.00791. The van der Waals surface area contributed by atoms with Gasteiger partial charge in [-0.2, -0.15) is 0 Å². The molecule has 3 nitrogen and oxygen atoms in total. The molecule has 86 valence electrons. The molecule has 3 heteroatoms. The largest absolute Gasteiger partial charge is 0.466 e. The molecule has 0 spiro atoms. The quantitative estimate of drug-likeness (QED) is 0.667. The minimum atomic E-state index is -0.00791. The molecule has 0 aromatic rings. The maximum atomic E-state index is 11.4. The van der Waals surface area contributed by atoms with Crippen molar-refractivity contribution >= 4 is 5.97 Å². The van der Waals surface area contributed by atoms with Crippen molar-refractivity contribution in [3.63, 3.8) is 0 Å². The zero-order valence-electron chi connectivity index (χ0n) is 9.74. The van der Waals surface area contributed by atoms with Gasteiger partial charge in [-0.05, 0) is 45.6 Å². The van der Waals surface area contributed by atoms with Crippen LogP contribution >= 0.6 is 0 Å². The molecule has 3 atom stereocenters. The Morgan fingerprint density at radius 1 is 1.33 bits per heavy atom. The van der Waals surface area contributed by atoms with Crippen LogP contribution in [0.4, 0.5) is 0 Å². The number of carbonyl (C=O) groups excluding carboxylic acids is 1. The highest BCUT2D eigenvalue weighted by molar-refractivity contribution is 5.69. The number of carbonyl (C=O) groups is 1. The number of esters is 1. The Kier molecular flexibility index (Phi) is 3.29. The van der Waals surface area contributed by atoms with Gasteiger partial charge in [0.05, 0.1) is 6.61 Å². The third-order valence-corrected chi connectivity index (χ3v) is 3.96. The summed E-state index contributed by atoms with van der Waals surface area (Å²) >= 11 is 0. The van der Waals surface area contributed by atoms with Crippen molar-refractivity contribution in [2.75, 3.05) is 13.7 Å². The van der Waals surface area contributed by atoms with Crippen molar-refractivity contribution in [1.29, 1.82) is 0 Å². The summed E-state index contributed by atoms with van der Waals surface area (Å²) in [6.07, 6.45) is 5.65. The molecule has 0 aliphatic carbocycles. The second kappa shape index (κ2) is 4.52. The van der Waals surface area contributed by atoms with E-state index in [-0.39, 0.29) is 5.97 Å². The first kappa shape index (κ1) is 10.9. The zero-order valence-corrected chi connectivity index (χ0v) is 9.74. The molecular weight excluding hydrogens is 190 g/mol. The topological polar surface area (TPSA) is 29.5 Å². The van der Waals surface area contributed by atoms with E-state index in [4.69, 9.17) is 4.74 Å². The second-order valence-electron chi connectivity index (χ2n) is 4.90. The van der Waals surface area contributed by atoms with Gasteiger partial charge >= 0.3 is 5.97 Å². The molecule has 0 aromatic carbocycles. The SMILES string of the molecule is CCOC(=O)CC1C[C@H]2CC[C@@H](C1)N2C. The van der Waals surface area contributed by atoms with Crippen molar-refractivity contribution < 1.29 is 9.53 Å². The Bertz CT molecular complexity index is 228. The van der Waals surface area contributed by atoms with Gasteiger partial charge in [-0.25, -0.2) is 0 Å². The fourth-order valence-electron chi connectivity index (χ4n) is 3.15. The predicted octanol–water partition coefficient (Wildman–Crippen LogP) is 1.81. The molecule has 2 aliphatic rings. The molecule has 0 saturated carbocycles. The predicted molar refractivity (Wildman–Crippen MR) is 58.5 cm³/mol. The summed E-state index contributed by atoms with van der Waals surface area (Å²) in [4.78, 5) is 13.9. The molecule has 2 rings (SSSR count). The van der Waals surface area contributed by atoms with Crippen LogP contribution in [0.1, 0.15) is 39.0 Å². The van der Waals surface area contributed by atoms with Crippen LogP contribution in [0.2, 0.25) is 0 Å². The van der Waals surface area contributed by atoms with Crippen molar-refractivity contribution in [3.8, 4) is 0 Å². The Morgan fingerprint density at radius 3 is 2.47 bits per heavy atom. The van der Waals surface area contributed by atoms with Crippen molar-refractivity contribution in [2.45, 2.75) is 51.1 Å². The number of rotatable bonds is 3. The summed E-state index contributed by atoms with van der Waals surface area (Å²) in [5.41, 5.74) is 0. The molecule has 0 radical (unpaired) electrons. The molecule has 15 heavy (non-hydrogen) atoms. The number of hydrogen-bond acceptors (Lipinski definition) is 3. The smallest absolute Gasteiger partial charge is 0.306 e. The fraction of sp³-hybridized carbons (Fsp3) is 0.917. The van der Waals surface area contributed by atoms with Gasteiger partial charge in [-0.15, -0.1) is 0 Å². The van der Waals surface area contributed by atoms with E-state index in [9.17, 15) is 4.79 Å². The molecular formula is C12H21NO2. The summed E-state index contributed by atoms with van der Waals surface area (Å²) in [5, 5.41) is 0. The van der Waals surface area contributed by atoms with Crippen LogP contribution in [-0.2, 0) is 9.53 Å². The van der Waals surface area contributed by atoms with Gasteiger partial charge in [0.2, 0.25) is 0 Å². The molecule has 2 saturated heterocycles. The van der Waals surface area contributed by atoms with Gasteiger partial charge in [0, 0.05) is 18.5 Å². The lowest BCUT2D eigenvalue weighted by Crippen LogP contribution is -2.40. The van der Waals surface area contributed by atoms with Gasteiger partial charge in [0.15, 0.2) is 0 Å². The van der Waals surface area contributed by atoms with Crippen LogP contribution in [0.3, 0.4) is 0 Å². The molecule has 2 heterocycles. The molecule has 2 aliphatic heterocycles. The number of nitrogens with zero attached hydrogens (tertiary/aromatic N) is 1. The van der Waals surface area contributed by atoms with Crippen LogP contribution in [0.15, 0.2) is 0 Å². The van der Waals surface area contributed by atoms with Crippen LogP contribution < -0.4 is 0 Å². The van der Waals surface area contributed by atoms with Gasteiger partial charge in [-0.3, -0.25) is 4.79 Å². The third kappa shape index (κ3) is 2.33. The van der Waals surface area contributed by atoms with E-state index in [1.807, 2.05) is 6.92 Å². The number of fused-ring (bicyclic) bond motifs is 2. The van der Waals surface area contributed by atoms with E-state index in [1.165, 1.54) is 25.7 Å². The highest BCUT2D eigenvalue weighted by atomic mass is 16.5. The lowest BCUT2D eigenvalue weighted by atomic mass is 9.88. The van der Waals surface area contributed by atoms with E-state index in [0.717, 1.165) is 12.1 Å². The van der Waals surface area contributed by atoms with Gasteiger partial charge in [0.25, 0.3) is 0 Å². The number of ether oxygens (including phenoxy) is 1. The summed E-state index contributed by atoms with van der Waals surface area (Å²) in [6.45, 7) is 2.38. The molecule has 2 bridgehead atoms. The lowest BCUT2D eigenvalue weighted by Gasteiger charge is -2.35. The van der Waals surface area contributed by atoms with Gasteiger partial charge < -0.3 is 9.64 Å². The summed E-state index contributed by atoms with van der Waals surface area (Å²) in [7, 11) is 2.23. The molecule has 0 amide bonds. The van der Waals surface area contributed by atoms with E-state index in [0.29, 0.717) is 18.9 Å². The molecule has 0 aromatic heterocycles. The summed E-state index contributed by atoms with van der Waals surface area (Å²) < 4.78 is 5.01. The standard InChI is InChI=1S/C12H21NO2/c1-3-15-12(14)8-9-6-10-4-5-11(7-9)13(10)2/h9-11H,3-8H2,1-2H3/t9?,10-,11+. The van der Waals surface area contributed by atoms with Gasteiger partial charge in [0.1, 0.15) is 0 Å². The van der Waals surface area contributed by atoms with E-state index in [2.05, 4.69) is 11.9 Å². The van der Waals surface area contributed by atoms with E-state index >= 15 is 0 Å². The molecule has 0 N–H and O–H groups in total. The van der Waals surface area contributed by atoms with Crippen molar-refractivity contribution in [2.24, 2.45) is 5.92 Å². The zero-order chi connectivity index (χ0) is 10.8. The Labute approximate surface area is 91.8 Å². The summed E-state index contributed by atoms with van der Waals surface area (Å²) in [5.74, 6) is 0.559. The van der Waals surface area contributed by atoms with Gasteiger partial charge in [-0.1, -0.05) is 0 Å². The average Bonchev–Trinajstić information content (AvgIpc) is 2.43. The maximum absolute atomic E-state index is 11.4. The maximum Gasteiger partial charge on any atom is 0.306 e. The molecule has 2 fully saturated rings. The van der Waals surface area contributed by atoms with Crippen LogP contribution in [0.5, 0.6) is 0 Å². The fourth-order valence-corrected chi connectivity index (χ4v) is 3.15. The minimum Gasteiger partial charge on any atom is -0.466 e. The molecule has 1 unspecified atom stereocenters. The first-order valence-corrected chi connectivity index (χ1v) is 6.08. The first-order valence-electron chi connectivity index (χ1n) is 6.08. The second-order valence-corrected chi connectivity index (χ2v) is 4.90. The Hall–Kier alpha value is -0.570. The highest BCUT2D eigenvalue weighted by Gasteiger charge is 2.38. The van der Waals surface area contributed by atoms with Crippen LogP contribution in [-0.4, -0.2) is 36.6 Å². The number of hydrogen-bond donors (Lipinski definition) is 0. The number of piperidine rings is 1. The van der Waals surface area contributed by atoms with E-state index in [1.54, 1.807) is 0 Å². The summed E-state index contributed by atoms with van der Waals surface area (Å²) in [6, 6.07) is 1.45. The highest BCUT2D eigenvalue weighted by Crippen LogP contribution is 2.38. The van der Waals surface area contributed by atoms with Crippen molar-refractivity contribution in [3.05, 3.63) is 0 Å². The Balaban J connectivity index is 1.84. The Morgan fingerprint density at radius 2 is 1.93 bits per heavy atom. The van der Waals surface area contributed by atoms with Crippen molar-refractivity contribution in [1.82, 2.24) is 4.90 Å². The first-order chi connectivity index (χ1) is 7.20. The third-order valence-electron chi connectivity index (χ3n) is 3.96. The van der Waals surface area contributed by atoms with Crippen LogP contribution in [0.25, 0.3) is 0 Å². The lowest BCUT2D eigenvalue weighted by molar-refractivity contribution is -0.144.